The zero-order chi connectivity index (χ0) is 19.8. The standard InChI is InChI=1S/C23H30N2O3/c1-19-3-8-22(9-4-19)28-18-17-24-13-15-25(16-14-24)23(26)12-7-20-5-10-21(27-2)11-6-20/h3-6,8-11H,7,12-18H2,1-2H3. The van der Waals surface area contributed by atoms with Gasteiger partial charge in [0.1, 0.15) is 18.1 Å². The number of benzene rings is 2. The fourth-order valence-corrected chi connectivity index (χ4v) is 3.35. The van der Waals surface area contributed by atoms with E-state index in [-0.39, 0.29) is 5.91 Å². The molecular formula is C23H30N2O3. The Morgan fingerprint density at radius 2 is 1.57 bits per heavy atom. The Labute approximate surface area is 167 Å². The first-order chi connectivity index (χ1) is 13.6. The van der Waals surface area contributed by atoms with Crippen LogP contribution in [0.5, 0.6) is 11.5 Å². The minimum Gasteiger partial charge on any atom is -0.497 e. The summed E-state index contributed by atoms with van der Waals surface area (Å²) in [5, 5.41) is 0. The van der Waals surface area contributed by atoms with Gasteiger partial charge in [0.15, 0.2) is 0 Å². The van der Waals surface area contributed by atoms with E-state index in [9.17, 15) is 4.79 Å². The molecule has 0 unspecified atom stereocenters. The van der Waals surface area contributed by atoms with Crippen molar-refractivity contribution in [2.45, 2.75) is 19.8 Å². The van der Waals surface area contributed by atoms with Crippen molar-refractivity contribution in [3.63, 3.8) is 0 Å². The number of piperazine rings is 1. The van der Waals surface area contributed by atoms with Crippen LogP contribution in [0.4, 0.5) is 0 Å². The molecule has 1 saturated heterocycles. The maximum Gasteiger partial charge on any atom is 0.222 e. The molecule has 0 spiro atoms. The van der Waals surface area contributed by atoms with Crippen LogP contribution in [0.3, 0.4) is 0 Å². The van der Waals surface area contributed by atoms with Crippen molar-refractivity contribution in [3.05, 3.63) is 59.7 Å². The number of carbonyl (C=O) groups is 1. The first-order valence-electron chi connectivity index (χ1n) is 9.96. The normalized spacial score (nSPS) is 14.7. The number of carbonyl (C=O) groups excluding carboxylic acids is 1. The molecular weight excluding hydrogens is 352 g/mol. The van der Waals surface area contributed by atoms with E-state index in [4.69, 9.17) is 9.47 Å². The van der Waals surface area contributed by atoms with Gasteiger partial charge in [0, 0.05) is 39.1 Å². The van der Waals surface area contributed by atoms with Crippen LogP contribution in [-0.2, 0) is 11.2 Å². The SMILES string of the molecule is COc1ccc(CCC(=O)N2CCN(CCOc3ccc(C)cc3)CC2)cc1. The Hall–Kier alpha value is -2.53. The molecule has 2 aromatic carbocycles. The van der Waals surface area contributed by atoms with E-state index in [0.29, 0.717) is 13.0 Å². The molecule has 0 radical (unpaired) electrons. The van der Waals surface area contributed by atoms with Crippen molar-refractivity contribution in [1.82, 2.24) is 9.80 Å². The lowest BCUT2D eigenvalue weighted by Gasteiger charge is -2.34. The van der Waals surface area contributed by atoms with E-state index in [0.717, 1.165) is 50.6 Å². The summed E-state index contributed by atoms with van der Waals surface area (Å²) in [6, 6.07) is 16.1. The lowest BCUT2D eigenvalue weighted by Crippen LogP contribution is -2.49. The summed E-state index contributed by atoms with van der Waals surface area (Å²) in [6.07, 6.45) is 1.33. The fourth-order valence-electron chi connectivity index (χ4n) is 3.35. The van der Waals surface area contributed by atoms with Crippen LogP contribution < -0.4 is 9.47 Å². The number of hydrogen-bond acceptors (Lipinski definition) is 4. The van der Waals surface area contributed by atoms with Crippen molar-refractivity contribution in [2.75, 3.05) is 46.4 Å². The summed E-state index contributed by atoms with van der Waals surface area (Å²) >= 11 is 0. The van der Waals surface area contributed by atoms with Crippen molar-refractivity contribution < 1.29 is 14.3 Å². The maximum absolute atomic E-state index is 12.5. The lowest BCUT2D eigenvalue weighted by molar-refractivity contribution is -0.132. The number of methoxy groups -OCH3 is 1. The topological polar surface area (TPSA) is 42.0 Å². The summed E-state index contributed by atoms with van der Waals surface area (Å²) < 4.78 is 11.0. The Balaban J connectivity index is 1.33. The van der Waals surface area contributed by atoms with E-state index < -0.39 is 0 Å². The van der Waals surface area contributed by atoms with Gasteiger partial charge in [0.2, 0.25) is 5.91 Å². The lowest BCUT2D eigenvalue weighted by atomic mass is 10.1. The molecule has 1 amide bonds. The Morgan fingerprint density at radius 3 is 2.21 bits per heavy atom. The fraction of sp³-hybridized carbons (Fsp3) is 0.435. The number of nitrogens with zero attached hydrogens (tertiary/aromatic N) is 2. The average Bonchev–Trinajstić information content (AvgIpc) is 2.74. The summed E-state index contributed by atoms with van der Waals surface area (Å²) in [7, 11) is 1.66. The van der Waals surface area contributed by atoms with Gasteiger partial charge in [-0.3, -0.25) is 9.69 Å². The zero-order valence-electron chi connectivity index (χ0n) is 16.9. The summed E-state index contributed by atoms with van der Waals surface area (Å²) in [6.45, 7) is 7.05. The first-order valence-corrected chi connectivity index (χ1v) is 9.96. The molecule has 0 aliphatic carbocycles. The van der Waals surface area contributed by atoms with Crippen LogP contribution in [0.2, 0.25) is 0 Å². The van der Waals surface area contributed by atoms with E-state index >= 15 is 0 Å². The predicted molar refractivity (Wildman–Crippen MR) is 111 cm³/mol. The molecule has 150 valence electrons. The molecule has 5 nitrogen and oxygen atoms in total. The third-order valence-electron chi connectivity index (χ3n) is 5.21. The van der Waals surface area contributed by atoms with Crippen LogP contribution in [-0.4, -0.2) is 62.1 Å². The minimum absolute atomic E-state index is 0.242. The highest BCUT2D eigenvalue weighted by Crippen LogP contribution is 2.14. The molecule has 1 aliphatic heterocycles. The average molecular weight is 383 g/mol. The highest BCUT2D eigenvalue weighted by atomic mass is 16.5. The second-order valence-electron chi connectivity index (χ2n) is 7.23. The van der Waals surface area contributed by atoms with Crippen molar-refractivity contribution in [1.29, 1.82) is 0 Å². The van der Waals surface area contributed by atoms with Gasteiger partial charge >= 0.3 is 0 Å². The van der Waals surface area contributed by atoms with Crippen LogP contribution in [0.15, 0.2) is 48.5 Å². The predicted octanol–water partition coefficient (Wildman–Crippen LogP) is 3.16. The Kier molecular flexibility index (Phi) is 7.31. The van der Waals surface area contributed by atoms with E-state index in [1.54, 1.807) is 7.11 Å². The third kappa shape index (κ3) is 5.99. The second kappa shape index (κ2) is 10.1. The Morgan fingerprint density at radius 1 is 0.929 bits per heavy atom. The number of ether oxygens (including phenoxy) is 2. The van der Waals surface area contributed by atoms with Gasteiger partial charge in [0.25, 0.3) is 0 Å². The monoisotopic (exact) mass is 382 g/mol. The van der Waals surface area contributed by atoms with E-state index in [2.05, 4.69) is 24.0 Å². The molecule has 1 heterocycles. The molecule has 5 heteroatoms. The van der Waals surface area contributed by atoms with Gasteiger partial charge in [0.05, 0.1) is 7.11 Å². The van der Waals surface area contributed by atoms with Crippen molar-refractivity contribution in [2.24, 2.45) is 0 Å². The first kappa shape index (κ1) is 20.2. The van der Waals surface area contributed by atoms with E-state index in [1.165, 1.54) is 11.1 Å². The van der Waals surface area contributed by atoms with Crippen molar-refractivity contribution in [3.8, 4) is 11.5 Å². The van der Waals surface area contributed by atoms with Crippen LogP contribution in [0.25, 0.3) is 0 Å². The number of hydrogen-bond donors (Lipinski definition) is 0. The summed E-state index contributed by atoms with van der Waals surface area (Å²) in [5.74, 6) is 2.00. The van der Waals surface area contributed by atoms with Gasteiger partial charge in [-0.05, 0) is 43.2 Å². The third-order valence-corrected chi connectivity index (χ3v) is 5.21. The van der Waals surface area contributed by atoms with Gasteiger partial charge in [-0.15, -0.1) is 0 Å². The molecule has 1 fully saturated rings. The van der Waals surface area contributed by atoms with Gasteiger partial charge in [-0.25, -0.2) is 0 Å². The largest absolute Gasteiger partial charge is 0.497 e. The van der Waals surface area contributed by atoms with Crippen LogP contribution in [0.1, 0.15) is 17.5 Å². The number of aryl methyl sites for hydroxylation is 2. The summed E-state index contributed by atoms with van der Waals surface area (Å²) in [4.78, 5) is 16.8. The Bertz CT molecular complexity index is 735. The van der Waals surface area contributed by atoms with Crippen molar-refractivity contribution >= 4 is 5.91 Å². The quantitative estimate of drug-likeness (QED) is 0.703. The highest BCUT2D eigenvalue weighted by Gasteiger charge is 2.20. The van der Waals surface area contributed by atoms with Gasteiger partial charge < -0.3 is 14.4 Å². The highest BCUT2D eigenvalue weighted by molar-refractivity contribution is 5.76. The second-order valence-corrected chi connectivity index (χ2v) is 7.23. The molecule has 0 bridgehead atoms. The van der Waals surface area contributed by atoms with Gasteiger partial charge in [-0.2, -0.15) is 0 Å². The van der Waals surface area contributed by atoms with Gasteiger partial charge in [-0.1, -0.05) is 29.8 Å². The molecule has 0 saturated carbocycles. The molecule has 1 aliphatic rings. The smallest absolute Gasteiger partial charge is 0.222 e. The van der Waals surface area contributed by atoms with Crippen LogP contribution in [0, 0.1) is 6.92 Å². The number of rotatable bonds is 8. The number of amides is 1. The zero-order valence-corrected chi connectivity index (χ0v) is 16.9. The molecule has 0 N–H and O–H groups in total. The molecule has 28 heavy (non-hydrogen) atoms. The molecule has 2 aromatic rings. The maximum atomic E-state index is 12.5. The molecule has 0 atom stereocenters. The molecule has 3 rings (SSSR count). The minimum atomic E-state index is 0.242. The summed E-state index contributed by atoms with van der Waals surface area (Å²) in [5.41, 5.74) is 2.40. The van der Waals surface area contributed by atoms with E-state index in [1.807, 2.05) is 41.3 Å². The van der Waals surface area contributed by atoms with Crippen LogP contribution >= 0.6 is 0 Å². The molecule has 0 aromatic heterocycles.